The number of alkyl halides is 1. The Morgan fingerprint density at radius 2 is 2.00 bits per heavy atom. The molecule has 18 heavy (non-hydrogen) atoms. The summed E-state index contributed by atoms with van der Waals surface area (Å²) < 4.78 is 0. The molecule has 0 aromatic heterocycles. The van der Waals surface area contributed by atoms with E-state index in [-0.39, 0.29) is 11.7 Å². The summed E-state index contributed by atoms with van der Waals surface area (Å²) in [6.07, 6.45) is 1.09. The molecule has 0 unspecified atom stereocenters. The molecule has 0 aliphatic heterocycles. The molecule has 1 aromatic rings. The average Bonchev–Trinajstić information content (AvgIpc) is 2.31. The Bertz CT molecular complexity index is 486. The molecule has 0 fully saturated rings. The van der Waals surface area contributed by atoms with Crippen LogP contribution in [0.4, 0.5) is 0 Å². The van der Waals surface area contributed by atoms with Gasteiger partial charge in [0.25, 0.3) is 0 Å². The molecule has 0 saturated heterocycles. The zero-order chi connectivity index (χ0) is 13.7. The summed E-state index contributed by atoms with van der Waals surface area (Å²) in [5.74, 6) is 0.0879. The summed E-state index contributed by atoms with van der Waals surface area (Å²) in [6, 6.07) is 6.26. The van der Waals surface area contributed by atoms with E-state index in [4.69, 9.17) is 11.6 Å². The van der Waals surface area contributed by atoms with Crippen molar-refractivity contribution < 1.29 is 4.79 Å². The minimum Gasteiger partial charge on any atom is -0.298 e. The predicted octanol–water partition coefficient (Wildman–Crippen LogP) is 4.32. The number of hydrogen-bond donors (Lipinski definition) is 0. The number of allylic oxidation sites excluding steroid dienone is 2. The molecule has 0 aliphatic carbocycles. The normalized spacial score (nSPS) is 10.2. The molecular weight excluding hydrogens is 244 g/mol. The lowest BCUT2D eigenvalue weighted by atomic mass is 9.96. The molecule has 0 aliphatic rings. The van der Waals surface area contributed by atoms with Gasteiger partial charge in [-0.25, -0.2) is 0 Å². The standard InChI is InChI=1S/C16H19ClO/c1-11(2)14-5-6-15(13(4)9-14)7-12(3)8-16(18)10-17/h5-6,9H,1,3,7-8,10H2,2,4H3. The maximum absolute atomic E-state index is 11.2. The number of halogens is 1. The minimum absolute atomic E-state index is 0.0258. The van der Waals surface area contributed by atoms with Gasteiger partial charge in [-0.1, -0.05) is 42.5 Å². The Morgan fingerprint density at radius 3 is 2.50 bits per heavy atom. The van der Waals surface area contributed by atoms with Gasteiger partial charge < -0.3 is 0 Å². The summed E-state index contributed by atoms with van der Waals surface area (Å²) >= 11 is 5.49. The van der Waals surface area contributed by atoms with Crippen molar-refractivity contribution in [1.82, 2.24) is 0 Å². The van der Waals surface area contributed by atoms with E-state index in [1.54, 1.807) is 0 Å². The second-order valence-corrected chi connectivity index (χ2v) is 4.96. The molecule has 1 aromatic carbocycles. The van der Waals surface area contributed by atoms with Crippen LogP contribution in [0.25, 0.3) is 5.57 Å². The summed E-state index contributed by atoms with van der Waals surface area (Å²) in [4.78, 5) is 11.2. The third-order valence-electron chi connectivity index (χ3n) is 2.87. The molecule has 0 radical (unpaired) electrons. The largest absolute Gasteiger partial charge is 0.298 e. The van der Waals surface area contributed by atoms with Gasteiger partial charge in [0, 0.05) is 6.42 Å². The molecule has 2 heteroatoms. The SMILES string of the molecule is C=C(CC(=O)CCl)Cc1ccc(C(=C)C)cc1C. The molecule has 0 heterocycles. The quantitative estimate of drug-likeness (QED) is 0.551. The summed E-state index contributed by atoms with van der Waals surface area (Å²) in [7, 11) is 0. The Morgan fingerprint density at radius 1 is 1.33 bits per heavy atom. The Kier molecular flexibility index (Phi) is 5.36. The van der Waals surface area contributed by atoms with Crippen LogP contribution in [0.1, 0.15) is 30.0 Å². The van der Waals surface area contributed by atoms with Crippen molar-refractivity contribution in [3.63, 3.8) is 0 Å². The minimum atomic E-state index is 0.0258. The molecule has 1 rings (SSSR count). The van der Waals surface area contributed by atoms with Gasteiger partial charge in [0.15, 0.2) is 5.78 Å². The highest BCUT2D eigenvalue weighted by atomic mass is 35.5. The smallest absolute Gasteiger partial charge is 0.151 e. The number of benzene rings is 1. The van der Waals surface area contributed by atoms with E-state index >= 15 is 0 Å². The summed E-state index contributed by atoms with van der Waals surface area (Å²) in [5.41, 5.74) is 5.52. The van der Waals surface area contributed by atoms with Crippen molar-refractivity contribution in [1.29, 1.82) is 0 Å². The fraction of sp³-hybridized carbons (Fsp3) is 0.312. The number of ketones is 1. The van der Waals surface area contributed by atoms with Gasteiger partial charge >= 0.3 is 0 Å². The Labute approximate surface area is 114 Å². The molecule has 96 valence electrons. The highest BCUT2D eigenvalue weighted by Crippen LogP contribution is 2.19. The van der Waals surface area contributed by atoms with Crippen LogP contribution in [-0.4, -0.2) is 11.7 Å². The fourth-order valence-electron chi connectivity index (χ4n) is 1.82. The van der Waals surface area contributed by atoms with Gasteiger partial charge in [-0.15, -0.1) is 11.6 Å². The average molecular weight is 263 g/mol. The predicted molar refractivity (Wildman–Crippen MR) is 79.1 cm³/mol. The van der Waals surface area contributed by atoms with Crippen molar-refractivity contribution >= 4 is 23.0 Å². The number of Topliss-reactive ketones (excluding diaryl/α,β-unsaturated/α-hetero) is 1. The maximum Gasteiger partial charge on any atom is 0.151 e. The lowest BCUT2D eigenvalue weighted by Crippen LogP contribution is -2.03. The second-order valence-electron chi connectivity index (χ2n) is 4.70. The fourth-order valence-corrected chi connectivity index (χ4v) is 1.91. The molecular formula is C16H19ClO. The highest BCUT2D eigenvalue weighted by Gasteiger charge is 2.06. The molecule has 1 nitrogen and oxygen atoms in total. The van der Waals surface area contributed by atoms with Crippen LogP contribution in [0.5, 0.6) is 0 Å². The van der Waals surface area contributed by atoms with Crippen LogP contribution in [0.2, 0.25) is 0 Å². The molecule has 0 N–H and O–H groups in total. The molecule has 0 saturated carbocycles. The van der Waals surface area contributed by atoms with E-state index in [1.807, 2.05) is 6.92 Å². The molecule has 0 spiro atoms. The van der Waals surface area contributed by atoms with Gasteiger partial charge in [0.2, 0.25) is 0 Å². The topological polar surface area (TPSA) is 17.1 Å². The van der Waals surface area contributed by atoms with E-state index in [0.717, 1.165) is 23.1 Å². The number of rotatable bonds is 6. The van der Waals surface area contributed by atoms with Crippen LogP contribution in [0.3, 0.4) is 0 Å². The Hall–Kier alpha value is -1.34. The first-order valence-corrected chi connectivity index (χ1v) is 6.47. The second kappa shape index (κ2) is 6.55. The van der Waals surface area contributed by atoms with E-state index in [2.05, 4.69) is 38.3 Å². The van der Waals surface area contributed by atoms with Crippen molar-refractivity contribution in [2.75, 3.05) is 5.88 Å². The van der Waals surface area contributed by atoms with Crippen molar-refractivity contribution in [2.24, 2.45) is 0 Å². The van der Waals surface area contributed by atoms with Gasteiger partial charge in [-0.05, 0) is 37.0 Å². The number of carbonyl (C=O) groups is 1. The van der Waals surface area contributed by atoms with E-state index in [9.17, 15) is 4.79 Å². The first-order valence-electron chi connectivity index (χ1n) is 5.93. The van der Waals surface area contributed by atoms with Gasteiger partial charge in [0.1, 0.15) is 0 Å². The highest BCUT2D eigenvalue weighted by molar-refractivity contribution is 6.27. The van der Waals surface area contributed by atoms with Crippen LogP contribution in [0, 0.1) is 6.92 Å². The lowest BCUT2D eigenvalue weighted by Gasteiger charge is -2.10. The van der Waals surface area contributed by atoms with Crippen LogP contribution in [-0.2, 0) is 11.2 Å². The third-order valence-corrected chi connectivity index (χ3v) is 3.17. The third kappa shape index (κ3) is 4.15. The summed E-state index contributed by atoms with van der Waals surface area (Å²) in [6.45, 7) is 11.9. The first kappa shape index (κ1) is 14.7. The van der Waals surface area contributed by atoms with Crippen LogP contribution < -0.4 is 0 Å². The van der Waals surface area contributed by atoms with E-state index in [1.165, 1.54) is 11.1 Å². The molecule has 0 amide bonds. The zero-order valence-electron chi connectivity index (χ0n) is 11.1. The first-order chi connectivity index (χ1) is 8.43. The monoisotopic (exact) mass is 262 g/mol. The number of aryl methyl sites for hydroxylation is 1. The number of hydrogen-bond acceptors (Lipinski definition) is 1. The van der Waals surface area contributed by atoms with Crippen LogP contribution >= 0.6 is 11.6 Å². The van der Waals surface area contributed by atoms with Gasteiger partial charge in [-0.2, -0.15) is 0 Å². The van der Waals surface area contributed by atoms with Crippen molar-refractivity contribution in [3.05, 3.63) is 53.6 Å². The van der Waals surface area contributed by atoms with Crippen LogP contribution in [0.15, 0.2) is 36.9 Å². The van der Waals surface area contributed by atoms with Crippen molar-refractivity contribution in [2.45, 2.75) is 26.7 Å². The van der Waals surface area contributed by atoms with Gasteiger partial charge in [0.05, 0.1) is 5.88 Å². The molecule has 0 bridgehead atoms. The van der Waals surface area contributed by atoms with E-state index < -0.39 is 0 Å². The maximum atomic E-state index is 11.2. The zero-order valence-corrected chi connectivity index (χ0v) is 11.8. The van der Waals surface area contributed by atoms with Crippen molar-refractivity contribution in [3.8, 4) is 0 Å². The molecule has 0 atom stereocenters. The van der Waals surface area contributed by atoms with E-state index in [0.29, 0.717) is 6.42 Å². The summed E-state index contributed by atoms with van der Waals surface area (Å²) in [5, 5.41) is 0. The Balaban J connectivity index is 2.77. The lowest BCUT2D eigenvalue weighted by molar-refractivity contribution is -0.116. The van der Waals surface area contributed by atoms with Gasteiger partial charge in [-0.3, -0.25) is 4.79 Å². The number of carbonyl (C=O) groups excluding carboxylic acids is 1.